The van der Waals surface area contributed by atoms with Crippen molar-refractivity contribution in [3.63, 3.8) is 0 Å². The number of benzene rings is 3. The van der Waals surface area contributed by atoms with Gasteiger partial charge in [-0.15, -0.1) is 0 Å². The van der Waals surface area contributed by atoms with E-state index in [-0.39, 0.29) is 29.0 Å². The van der Waals surface area contributed by atoms with E-state index in [0.717, 1.165) is 11.8 Å². The number of hydrogen-bond donors (Lipinski definition) is 1. The number of fused-ring (bicyclic) bond motifs is 1. The van der Waals surface area contributed by atoms with E-state index in [1.54, 1.807) is 17.0 Å². The number of carbonyl (C=O) groups is 1. The number of para-hydroxylation sites is 1. The van der Waals surface area contributed by atoms with Gasteiger partial charge in [-0.1, -0.05) is 18.2 Å². The third-order valence-corrected chi connectivity index (χ3v) is 5.31. The summed E-state index contributed by atoms with van der Waals surface area (Å²) in [7, 11) is 0. The molecule has 4 nitrogen and oxygen atoms in total. The van der Waals surface area contributed by atoms with E-state index >= 15 is 0 Å². The quantitative estimate of drug-likeness (QED) is 0.635. The molecular weight excluding hydrogens is 384 g/mol. The lowest BCUT2D eigenvalue weighted by atomic mass is 9.90. The van der Waals surface area contributed by atoms with Crippen LogP contribution in [0.5, 0.6) is 0 Å². The standard InChI is InChI=1S/C24H19F2N3O/c1-15-11-22(28-19-5-3-2-4-6-19)20-13-18(25)9-10-23(20)29(15)24(30)16-7-8-17(14-27)21(26)12-16/h2-10,12-13,15,22,28H,11H2,1H3/t15-,22+/m1/s1. The smallest absolute Gasteiger partial charge is 0.258 e. The first-order valence-electron chi connectivity index (χ1n) is 9.62. The number of carbonyl (C=O) groups excluding carboxylic acids is 1. The maximum atomic E-state index is 14.1. The second-order valence-electron chi connectivity index (χ2n) is 7.33. The van der Waals surface area contributed by atoms with E-state index in [2.05, 4.69) is 5.32 Å². The Morgan fingerprint density at radius 1 is 1.10 bits per heavy atom. The zero-order valence-corrected chi connectivity index (χ0v) is 16.3. The van der Waals surface area contributed by atoms with E-state index < -0.39 is 11.7 Å². The molecule has 4 rings (SSSR count). The molecule has 0 spiro atoms. The van der Waals surface area contributed by atoms with Gasteiger partial charge in [-0.05, 0) is 61.9 Å². The molecule has 0 aliphatic carbocycles. The van der Waals surface area contributed by atoms with Gasteiger partial charge in [-0.25, -0.2) is 8.78 Å². The Morgan fingerprint density at radius 3 is 2.57 bits per heavy atom. The predicted octanol–water partition coefficient (Wildman–Crippen LogP) is 5.43. The number of halogens is 2. The normalized spacial score (nSPS) is 17.7. The van der Waals surface area contributed by atoms with Crippen LogP contribution < -0.4 is 10.2 Å². The monoisotopic (exact) mass is 403 g/mol. The summed E-state index contributed by atoms with van der Waals surface area (Å²) < 4.78 is 28.2. The number of rotatable bonds is 3. The van der Waals surface area contributed by atoms with Crippen LogP contribution in [0.25, 0.3) is 0 Å². The van der Waals surface area contributed by atoms with Crippen molar-refractivity contribution in [3.8, 4) is 6.07 Å². The molecule has 1 aliphatic heterocycles. The highest BCUT2D eigenvalue weighted by Crippen LogP contribution is 2.40. The number of nitrogens with zero attached hydrogens (tertiary/aromatic N) is 2. The van der Waals surface area contributed by atoms with Crippen molar-refractivity contribution in [1.82, 2.24) is 0 Å². The molecule has 1 heterocycles. The lowest BCUT2D eigenvalue weighted by Crippen LogP contribution is -2.44. The number of nitriles is 1. The maximum absolute atomic E-state index is 14.1. The molecule has 0 radical (unpaired) electrons. The molecule has 1 N–H and O–H groups in total. The van der Waals surface area contributed by atoms with Crippen LogP contribution in [0.4, 0.5) is 20.2 Å². The predicted molar refractivity (Wildman–Crippen MR) is 111 cm³/mol. The van der Waals surface area contributed by atoms with Gasteiger partial charge in [0, 0.05) is 28.5 Å². The summed E-state index contributed by atoms with van der Waals surface area (Å²) in [5.41, 5.74) is 2.17. The molecule has 6 heteroatoms. The molecule has 2 atom stereocenters. The molecule has 3 aromatic carbocycles. The molecule has 0 unspecified atom stereocenters. The summed E-state index contributed by atoms with van der Waals surface area (Å²) in [4.78, 5) is 14.8. The van der Waals surface area contributed by atoms with E-state index in [1.165, 1.54) is 24.3 Å². The fraction of sp³-hybridized carbons (Fsp3) is 0.167. The van der Waals surface area contributed by atoms with Crippen molar-refractivity contribution in [2.75, 3.05) is 10.2 Å². The fourth-order valence-electron chi connectivity index (χ4n) is 3.89. The zero-order chi connectivity index (χ0) is 21.3. The summed E-state index contributed by atoms with van der Waals surface area (Å²) in [6.07, 6.45) is 0.551. The SMILES string of the molecule is C[C@@H]1C[C@H](Nc2ccccc2)c2cc(F)ccc2N1C(=O)c1ccc(C#N)c(F)c1. The van der Waals surface area contributed by atoms with Crippen LogP contribution in [0.2, 0.25) is 0 Å². The van der Waals surface area contributed by atoms with Gasteiger partial charge >= 0.3 is 0 Å². The van der Waals surface area contributed by atoms with Gasteiger partial charge in [0.25, 0.3) is 5.91 Å². The van der Waals surface area contributed by atoms with Crippen LogP contribution in [0.1, 0.15) is 40.9 Å². The van der Waals surface area contributed by atoms with Gasteiger partial charge in [-0.2, -0.15) is 5.26 Å². The van der Waals surface area contributed by atoms with Crippen LogP contribution in [0.15, 0.2) is 66.7 Å². The molecular formula is C24H19F2N3O. The van der Waals surface area contributed by atoms with Crippen LogP contribution in [0.3, 0.4) is 0 Å². The van der Waals surface area contributed by atoms with Crippen molar-refractivity contribution in [3.05, 3.63) is 95.1 Å². The maximum Gasteiger partial charge on any atom is 0.258 e. The second-order valence-corrected chi connectivity index (χ2v) is 7.33. The van der Waals surface area contributed by atoms with Crippen LogP contribution >= 0.6 is 0 Å². The molecule has 0 fully saturated rings. The van der Waals surface area contributed by atoms with Crippen molar-refractivity contribution < 1.29 is 13.6 Å². The molecule has 30 heavy (non-hydrogen) atoms. The van der Waals surface area contributed by atoms with Gasteiger partial charge < -0.3 is 10.2 Å². The molecule has 0 saturated carbocycles. The van der Waals surface area contributed by atoms with Crippen molar-refractivity contribution >= 4 is 17.3 Å². The fourth-order valence-corrected chi connectivity index (χ4v) is 3.89. The largest absolute Gasteiger partial charge is 0.378 e. The first-order valence-corrected chi connectivity index (χ1v) is 9.62. The van der Waals surface area contributed by atoms with Crippen LogP contribution in [-0.4, -0.2) is 11.9 Å². The summed E-state index contributed by atoms with van der Waals surface area (Å²) in [5.74, 6) is -1.52. The summed E-state index contributed by atoms with van der Waals surface area (Å²) in [6, 6.07) is 19.1. The Kier molecular flexibility index (Phi) is 5.20. The highest BCUT2D eigenvalue weighted by atomic mass is 19.1. The highest BCUT2D eigenvalue weighted by Gasteiger charge is 2.34. The Bertz CT molecular complexity index is 1140. The number of anilines is 2. The highest BCUT2D eigenvalue weighted by molar-refractivity contribution is 6.07. The lowest BCUT2D eigenvalue weighted by Gasteiger charge is -2.40. The summed E-state index contributed by atoms with van der Waals surface area (Å²) in [5, 5.41) is 12.3. The van der Waals surface area contributed by atoms with Crippen molar-refractivity contribution in [2.45, 2.75) is 25.4 Å². The van der Waals surface area contributed by atoms with E-state index in [4.69, 9.17) is 5.26 Å². The second kappa shape index (κ2) is 7.96. The van der Waals surface area contributed by atoms with Crippen LogP contribution in [-0.2, 0) is 0 Å². The zero-order valence-electron chi connectivity index (χ0n) is 16.3. The molecule has 150 valence electrons. The molecule has 1 aliphatic rings. The Balaban J connectivity index is 1.72. The molecule has 1 amide bonds. The Labute approximate surface area is 173 Å². The number of amides is 1. The van der Waals surface area contributed by atoms with E-state index in [1.807, 2.05) is 37.3 Å². The van der Waals surface area contributed by atoms with Gasteiger partial charge in [0.2, 0.25) is 0 Å². The molecule has 0 saturated heterocycles. The topological polar surface area (TPSA) is 56.1 Å². The van der Waals surface area contributed by atoms with Gasteiger partial charge in [0.1, 0.15) is 17.7 Å². The van der Waals surface area contributed by atoms with E-state index in [0.29, 0.717) is 17.7 Å². The summed E-state index contributed by atoms with van der Waals surface area (Å²) in [6.45, 7) is 1.91. The van der Waals surface area contributed by atoms with Gasteiger partial charge in [0.05, 0.1) is 11.6 Å². The average molecular weight is 403 g/mol. The minimum absolute atomic E-state index is 0.118. The lowest BCUT2D eigenvalue weighted by molar-refractivity contribution is 0.0973. The molecule has 0 aromatic heterocycles. The van der Waals surface area contributed by atoms with Crippen LogP contribution in [0, 0.1) is 23.0 Å². The minimum Gasteiger partial charge on any atom is -0.378 e. The Hall–Kier alpha value is -3.72. The average Bonchev–Trinajstić information content (AvgIpc) is 2.74. The van der Waals surface area contributed by atoms with Crippen molar-refractivity contribution in [1.29, 1.82) is 5.26 Å². The number of hydrogen-bond acceptors (Lipinski definition) is 3. The third-order valence-electron chi connectivity index (χ3n) is 5.31. The summed E-state index contributed by atoms with van der Waals surface area (Å²) >= 11 is 0. The molecule has 0 bridgehead atoms. The van der Waals surface area contributed by atoms with Crippen molar-refractivity contribution in [2.24, 2.45) is 0 Å². The number of nitrogens with one attached hydrogen (secondary N) is 1. The minimum atomic E-state index is -0.740. The van der Waals surface area contributed by atoms with Gasteiger partial charge in [0.15, 0.2) is 0 Å². The first kappa shape index (κ1) is 19.6. The molecule has 3 aromatic rings. The van der Waals surface area contributed by atoms with Gasteiger partial charge in [-0.3, -0.25) is 4.79 Å². The van der Waals surface area contributed by atoms with E-state index in [9.17, 15) is 13.6 Å². The first-order chi connectivity index (χ1) is 14.5. The third kappa shape index (κ3) is 3.62. The Morgan fingerprint density at radius 2 is 1.87 bits per heavy atom.